The highest BCUT2D eigenvalue weighted by atomic mass is 19.4. The first-order valence-electron chi connectivity index (χ1n) is 8.22. The number of carbonyl (C=O) groups is 4. The highest BCUT2D eigenvalue weighted by Crippen LogP contribution is 2.47. The first-order chi connectivity index (χ1) is 13.0. The minimum Gasteiger partial charge on any atom is -0.386 e. The van der Waals surface area contributed by atoms with Crippen LogP contribution < -0.4 is 0 Å². The fraction of sp³-hybridized carbons (Fsp3) is 0.200. The second-order valence-electron chi connectivity index (χ2n) is 6.84. The lowest BCUT2D eigenvalue weighted by Gasteiger charge is -2.33. The van der Waals surface area contributed by atoms with Crippen LogP contribution in [0.1, 0.15) is 65.9 Å². The largest absolute Gasteiger partial charge is 0.402 e. The van der Waals surface area contributed by atoms with E-state index in [1.807, 2.05) is 0 Å². The van der Waals surface area contributed by atoms with Crippen LogP contribution in [-0.2, 0) is 10.2 Å². The summed E-state index contributed by atoms with van der Waals surface area (Å²) in [6.45, 7) is 0.916. The molecule has 0 radical (unpaired) electrons. The van der Waals surface area contributed by atoms with Crippen molar-refractivity contribution in [3.05, 3.63) is 69.8 Å². The average molecular weight is 388 g/mol. The SMILES string of the molecule is C[C@@](c1ccc2c(c1)C(=O)CC2=O)(c1ccc2c(c1)C(=O)OC2=O)C(F)(F)F. The summed E-state index contributed by atoms with van der Waals surface area (Å²) in [5.41, 5.74) is -3.43. The molecule has 0 N–H and O–H groups in total. The van der Waals surface area contributed by atoms with Gasteiger partial charge < -0.3 is 4.74 Å². The predicted octanol–water partition coefficient (Wildman–Crippen LogP) is 3.63. The lowest BCUT2D eigenvalue weighted by Crippen LogP contribution is -2.41. The lowest BCUT2D eigenvalue weighted by molar-refractivity contribution is -0.173. The van der Waals surface area contributed by atoms with Crippen molar-refractivity contribution in [3.8, 4) is 0 Å². The van der Waals surface area contributed by atoms with Crippen LogP contribution in [0.4, 0.5) is 13.2 Å². The molecule has 1 atom stereocenters. The Bertz CT molecular complexity index is 1020. The topological polar surface area (TPSA) is 77.5 Å². The molecule has 2 aromatic carbocycles. The minimum absolute atomic E-state index is 0.0475. The number of carbonyl (C=O) groups excluding carboxylic acids is 4. The molecule has 1 heterocycles. The van der Waals surface area contributed by atoms with E-state index < -0.39 is 35.1 Å². The first kappa shape index (κ1) is 18.1. The van der Waals surface area contributed by atoms with Gasteiger partial charge in [-0.15, -0.1) is 0 Å². The van der Waals surface area contributed by atoms with Crippen LogP contribution in [-0.4, -0.2) is 29.7 Å². The van der Waals surface area contributed by atoms with Gasteiger partial charge in [0.15, 0.2) is 11.6 Å². The maximum absolute atomic E-state index is 14.2. The smallest absolute Gasteiger partial charge is 0.386 e. The number of hydrogen-bond donors (Lipinski definition) is 0. The Hall–Kier alpha value is -3.29. The Morgan fingerprint density at radius 3 is 1.86 bits per heavy atom. The number of esters is 2. The molecule has 8 heteroatoms. The third kappa shape index (κ3) is 2.33. The summed E-state index contributed by atoms with van der Waals surface area (Å²) in [5.74, 6) is -2.89. The van der Waals surface area contributed by atoms with E-state index in [0.717, 1.165) is 37.3 Å². The van der Waals surface area contributed by atoms with Crippen LogP contribution in [0.15, 0.2) is 36.4 Å². The zero-order valence-corrected chi connectivity index (χ0v) is 14.3. The van der Waals surface area contributed by atoms with Gasteiger partial charge in [-0.25, -0.2) is 9.59 Å². The molecule has 0 spiro atoms. The maximum atomic E-state index is 14.2. The van der Waals surface area contributed by atoms with Crippen LogP contribution >= 0.6 is 0 Å². The van der Waals surface area contributed by atoms with Crippen LogP contribution in [0.3, 0.4) is 0 Å². The number of cyclic esters (lactones) is 2. The van der Waals surface area contributed by atoms with Gasteiger partial charge in [0, 0.05) is 11.1 Å². The molecule has 1 aliphatic heterocycles. The number of ether oxygens (including phenoxy) is 1. The number of rotatable bonds is 2. The van der Waals surface area contributed by atoms with Crippen LogP contribution in [0.25, 0.3) is 0 Å². The van der Waals surface area contributed by atoms with Gasteiger partial charge in [0.2, 0.25) is 0 Å². The van der Waals surface area contributed by atoms with Crippen molar-refractivity contribution < 1.29 is 37.1 Å². The van der Waals surface area contributed by atoms with Gasteiger partial charge in [-0.2, -0.15) is 13.2 Å². The van der Waals surface area contributed by atoms with Crippen LogP contribution in [0, 0.1) is 0 Å². The number of ketones is 2. The van der Waals surface area contributed by atoms with Gasteiger partial charge in [0.25, 0.3) is 0 Å². The first-order valence-corrected chi connectivity index (χ1v) is 8.22. The normalized spacial score (nSPS) is 18.0. The van der Waals surface area contributed by atoms with Gasteiger partial charge >= 0.3 is 18.1 Å². The fourth-order valence-corrected chi connectivity index (χ4v) is 3.56. The van der Waals surface area contributed by atoms with Crippen molar-refractivity contribution in [2.24, 2.45) is 0 Å². The lowest BCUT2D eigenvalue weighted by atomic mass is 9.74. The number of halogens is 3. The molecule has 0 saturated carbocycles. The van der Waals surface area contributed by atoms with E-state index in [2.05, 4.69) is 4.74 Å². The van der Waals surface area contributed by atoms with E-state index in [9.17, 15) is 32.3 Å². The molecule has 5 nitrogen and oxygen atoms in total. The zero-order chi connectivity index (χ0) is 20.4. The summed E-state index contributed by atoms with van der Waals surface area (Å²) in [5, 5.41) is 0. The van der Waals surface area contributed by atoms with Crippen molar-refractivity contribution in [2.45, 2.75) is 24.9 Å². The summed E-state index contributed by atoms with van der Waals surface area (Å²) in [4.78, 5) is 47.1. The fourth-order valence-electron chi connectivity index (χ4n) is 3.56. The average Bonchev–Trinajstić information content (AvgIpc) is 3.08. The molecule has 28 heavy (non-hydrogen) atoms. The van der Waals surface area contributed by atoms with E-state index in [-0.39, 0.29) is 39.8 Å². The van der Waals surface area contributed by atoms with E-state index in [0.29, 0.717) is 0 Å². The van der Waals surface area contributed by atoms with Crippen molar-refractivity contribution >= 4 is 23.5 Å². The summed E-state index contributed by atoms with van der Waals surface area (Å²) < 4.78 is 47.0. The predicted molar refractivity (Wildman–Crippen MR) is 88.4 cm³/mol. The monoisotopic (exact) mass is 388 g/mol. The van der Waals surface area contributed by atoms with E-state index >= 15 is 0 Å². The standard InChI is InChI=1S/C20H11F3O5/c1-19(20(21,22)23,9-2-4-11-13(6-9)16(25)8-15(11)24)10-3-5-12-14(7-10)18(27)28-17(12)26/h2-7H,8H2,1H3/t19-/m1/s1. The number of hydrogen-bond acceptors (Lipinski definition) is 5. The molecule has 0 saturated heterocycles. The molecule has 142 valence electrons. The number of benzene rings is 2. The summed E-state index contributed by atoms with van der Waals surface area (Å²) in [6, 6.07) is 6.64. The van der Waals surface area contributed by atoms with Gasteiger partial charge in [0.05, 0.1) is 17.5 Å². The Morgan fingerprint density at radius 1 is 0.750 bits per heavy atom. The zero-order valence-electron chi connectivity index (χ0n) is 14.3. The molecule has 0 bridgehead atoms. The van der Waals surface area contributed by atoms with Crippen LogP contribution in [0.2, 0.25) is 0 Å². The van der Waals surface area contributed by atoms with Gasteiger partial charge in [-0.05, 0) is 36.2 Å². The molecule has 0 amide bonds. The van der Waals surface area contributed by atoms with Crippen molar-refractivity contribution in [2.75, 3.05) is 0 Å². The molecular formula is C20H11F3O5. The summed E-state index contributed by atoms with van der Waals surface area (Å²) in [7, 11) is 0. The quantitative estimate of drug-likeness (QED) is 0.580. The number of Topliss-reactive ketones (excluding diaryl/α,β-unsaturated/α-hetero) is 2. The van der Waals surface area contributed by atoms with Gasteiger partial charge in [0.1, 0.15) is 5.41 Å². The number of fused-ring (bicyclic) bond motifs is 2. The van der Waals surface area contributed by atoms with E-state index in [4.69, 9.17) is 0 Å². The summed E-state index contributed by atoms with van der Waals surface area (Å²) >= 11 is 0. The van der Waals surface area contributed by atoms with Crippen molar-refractivity contribution in [3.63, 3.8) is 0 Å². The Labute approximate surface area is 156 Å². The minimum atomic E-state index is -4.80. The van der Waals surface area contributed by atoms with E-state index in [1.54, 1.807) is 0 Å². The maximum Gasteiger partial charge on any atom is 0.402 e. The van der Waals surface area contributed by atoms with Crippen LogP contribution in [0.5, 0.6) is 0 Å². The second kappa shape index (κ2) is 5.60. The van der Waals surface area contributed by atoms with Gasteiger partial charge in [-0.3, -0.25) is 9.59 Å². The van der Waals surface area contributed by atoms with E-state index in [1.165, 1.54) is 6.07 Å². The summed E-state index contributed by atoms with van der Waals surface area (Å²) in [6.07, 6.45) is -5.16. The number of alkyl halides is 3. The Morgan fingerprint density at radius 2 is 1.25 bits per heavy atom. The molecule has 2 aromatic rings. The molecular weight excluding hydrogens is 377 g/mol. The van der Waals surface area contributed by atoms with Gasteiger partial charge in [-0.1, -0.05) is 18.2 Å². The highest BCUT2D eigenvalue weighted by molar-refractivity contribution is 6.24. The molecule has 0 aromatic heterocycles. The van der Waals surface area contributed by atoms with Crippen molar-refractivity contribution in [1.29, 1.82) is 0 Å². The molecule has 0 fully saturated rings. The third-order valence-corrected chi connectivity index (χ3v) is 5.31. The molecule has 2 aliphatic rings. The highest BCUT2D eigenvalue weighted by Gasteiger charge is 2.54. The molecule has 1 aliphatic carbocycles. The van der Waals surface area contributed by atoms with Crippen molar-refractivity contribution in [1.82, 2.24) is 0 Å². The Balaban J connectivity index is 1.93. The molecule has 0 unspecified atom stereocenters. The second-order valence-corrected chi connectivity index (χ2v) is 6.84. The Kier molecular flexibility index (Phi) is 3.62. The third-order valence-electron chi connectivity index (χ3n) is 5.31. The molecule has 4 rings (SSSR count).